The fourth-order valence-electron chi connectivity index (χ4n) is 2.75. The Kier molecular flexibility index (Phi) is 3.93. The number of cyclic esters (lactones) is 2. The lowest BCUT2D eigenvalue weighted by Gasteiger charge is -2.03. The largest absolute Gasteiger partial charge is 0.441 e. The first-order valence-corrected chi connectivity index (χ1v) is 7.58. The monoisotopic (exact) mass is 323 g/mol. The maximum absolute atomic E-state index is 12.1. The van der Waals surface area contributed by atoms with Crippen LogP contribution in [0.25, 0.3) is 17.0 Å². The number of rotatable bonds is 2. The summed E-state index contributed by atoms with van der Waals surface area (Å²) in [6.45, 7) is 7.07. The lowest BCUT2D eigenvalue weighted by atomic mass is 9.97. The van der Waals surface area contributed by atoms with Crippen LogP contribution in [-0.4, -0.2) is 16.9 Å². The summed E-state index contributed by atoms with van der Waals surface area (Å²) in [5, 5.41) is 0. The fourth-order valence-corrected chi connectivity index (χ4v) is 2.75. The highest BCUT2D eigenvalue weighted by Crippen LogP contribution is 2.34. The third-order valence-corrected chi connectivity index (χ3v) is 3.89. The number of carbonyl (C=O) groups is 2. The molecule has 0 saturated carbocycles. The molecule has 2 heterocycles. The van der Waals surface area contributed by atoms with Gasteiger partial charge in [0.25, 0.3) is 0 Å². The van der Waals surface area contributed by atoms with Gasteiger partial charge >= 0.3 is 11.9 Å². The molecule has 0 aliphatic carbocycles. The number of benzene rings is 1. The van der Waals surface area contributed by atoms with E-state index < -0.39 is 11.9 Å². The van der Waals surface area contributed by atoms with Crippen molar-refractivity contribution in [2.24, 2.45) is 0 Å². The molecule has 0 atom stereocenters. The lowest BCUT2D eigenvalue weighted by molar-refractivity contribution is -0.149. The zero-order valence-corrected chi connectivity index (χ0v) is 14.0. The number of hydrogen-bond donors (Lipinski definition) is 0. The van der Waals surface area contributed by atoms with Gasteiger partial charge in [-0.05, 0) is 45.4 Å². The van der Waals surface area contributed by atoms with Gasteiger partial charge in [-0.25, -0.2) is 14.6 Å². The Hall–Kier alpha value is -2.95. The molecular formula is C19H17NO4. The number of allylic oxidation sites excluding steroid dienone is 2. The second-order valence-electron chi connectivity index (χ2n) is 5.84. The molecule has 0 amide bonds. The van der Waals surface area contributed by atoms with Crippen LogP contribution in [0.15, 0.2) is 51.5 Å². The van der Waals surface area contributed by atoms with Crippen molar-refractivity contribution in [1.29, 1.82) is 0 Å². The van der Waals surface area contributed by atoms with Crippen LogP contribution in [-0.2, 0) is 14.3 Å². The van der Waals surface area contributed by atoms with E-state index in [2.05, 4.69) is 4.98 Å². The summed E-state index contributed by atoms with van der Waals surface area (Å²) in [4.78, 5) is 28.5. The molecular weight excluding hydrogens is 306 g/mol. The molecule has 0 spiro atoms. The quantitative estimate of drug-likeness (QED) is 0.477. The number of aryl methyl sites for hydroxylation is 1. The second kappa shape index (κ2) is 5.92. The van der Waals surface area contributed by atoms with Crippen LogP contribution in [0.4, 0.5) is 0 Å². The van der Waals surface area contributed by atoms with Crippen molar-refractivity contribution in [3.8, 4) is 11.5 Å². The molecule has 0 radical (unpaired) electrons. The van der Waals surface area contributed by atoms with Gasteiger partial charge in [0, 0.05) is 5.56 Å². The predicted octanol–water partition coefficient (Wildman–Crippen LogP) is 3.84. The van der Waals surface area contributed by atoms with E-state index in [9.17, 15) is 9.59 Å². The average Bonchev–Trinajstić information content (AvgIpc) is 3.07. The first kappa shape index (κ1) is 15.9. The molecule has 1 aliphatic rings. The number of aromatic nitrogens is 1. The van der Waals surface area contributed by atoms with Gasteiger partial charge in [-0.3, -0.25) is 0 Å². The van der Waals surface area contributed by atoms with E-state index in [1.165, 1.54) is 0 Å². The Labute approximate surface area is 139 Å². The zero-order valence-electron chi connectivity index (χ0n) is 14.0. The number of nitrogens with zero attached hydrogens (tertiary/aromatic N) is 1. The van der Waals surface area contributed by atoms with E-state index in [4.69, 9.17) is 9.15 Å². The van der Waals surface area contributed by atoms with Crippen LogP contribution >= 0.6 is 0 Å². The summed E-state index contributed by atoms with van der Waals surface area (Å²) in [6.07, 6.45) is 0. The molecule has 0 N–H and O–H groups in total. The fraction of sp³-hybridized carbons (Fsp3) is 0.211. The van der Waals surface area contributed by atoms with Crippen LogP contribution < -0.4 is 0 Å². The smallest absolute Gasteiger partial charge is 0.347 e. The van der Waals surface area contributed by atoms with Gasteiger partial charge in [0.15, 0.2) is 0 Å². The highest BCUT2D eigenvalue weighted by Gasteiger charge is 2.37. The van der Waals surface area contributed by atoms with Gasteiger partial charge in [-0.1, -0.05) is 23.8 Å². The SMILES string of the molecule is CC(C)=C1C(=O)OC(=O)C1=C(C)c1nc(-c2ccccc2)oc1C. The number of oxazole rings is 1. The molecule has 1 aromatic heterocycles. The van der Waals surface area contributed by atoms with E-state index in [0.717, 1.165) is 11.1 Å². The van der Waals surface area contributed by atoms with Gasteiger partial charge in [-0.15, -0.1) is 0 Å². The van der Waals surface area contributed by atoms with Crippen molar-refractivity contribution in [3.63, 3.8) is 0 Å². The third-order valence-electron chi connectivity index (χ3n) is 3.89. The molecule has 5 heteroatoms. The van der Waals surface area contributed by atoms with Crippen molar-refractivity contribution in [2.45, 2.75) is 27.7 Å². The van der Waals surface area contributed by atoms with E-state index in [1.54, 1.807) is 27.7 Å². The second-order valence-corrected chi connectivity index (χ2v) is 5.84. The van der Waals surface area contributed by atoms with E-state index in [-0.39, 0.29) is 5.57 Å². The minimum atomic E-state index is -0.641. The van der Waals surface area contributed by atoms with E-state index >= 15 is 0 Å². The number of hydrogen-bond acceptors (Lipinski definition) is 5. The van der Waals surface area contributed by atoms with Crippen molar-refractivity contribution in [3.05, 3.63) is 58.5 Å². The van der Waals surface area contributed by atoms with Crippen LogP contribution in [0, 0.1) is 6.92 Å². The Morgan fingerprint density at radius 1 is 0.958 bits per heavy atom. The highest BCUT2D eigenvalue weighted by atomic mass is 16.6. The first-order valence-electron chi connectivity index (χ1n) is 7.58. The minimum absolute atomic E-state index is 0.260. The van der Waals surface area contributed by atoms with Crippen LogP contribution in [0.2, 0.25) is 0 Å². The molecule has 1 aliphatic heterocycles. The Morgan fingerprint density at radius 2 is 1.58 bits per heavy atom. The normalized spacial score (nSPS) is 16.4. The van der Waals surface area contributed by atoms with Crippen LogP contribution in [0.5, 0.6) is 0 Å². The topological polar surface area (TPSA) is 69.4 Å². The predicted molar refractivity (Wildman–Crippen MR) is 88.7 cm³/mol. The molecule has 122 valence electrons. The van der Waals surface area contributed by atoms with Gasteiger partial charge in [0.1, 0.15) is 11.5 Å². The summed E-state index contributed by atoms with van der Waals surface area (Å²) in [7, 11) is 0. The lowest BCUT2D eigenvalue weighted by Crippen LogP contribution is -2.00. The van der Waals surface area contributed by atoms with Gasteiger partial charge in [-0.2, -0.15) is 0 Å². The summed E-state index contributed by atoms with van der Waals surface area (Å²) >= 11 is 0. The summed E-state index contributed by atoms with van der Waals surface area (Å²) in [5.74, 6) is -0.199. The highest BCUT2D eigenvalue weighted by molar-refractivity contribution is 6.22. The minimum Gasteiger partial charge on any atom is -0.441 e. The molecule has 1 fully saturated rings. The number of ether oxygens (including phenoxy) is 1. The van der Waals surface area contributed by atoms with Gasteiger partial charge in [0.2, 0.25) is 5.89 Å². The van der Waals surface area contributed by atoms with Crippen molar-refractivity contribution in [1.82, 2.24) is 4.98 Å². The van der Waals surface area contributed by atoms with E-state index in [0.29, 0.717) is 28.5 Å². The molecule has 2 aromatic rings. The zero-order chi connectivity index (χ0) is 17.4. The summed E-state index contributed by atoms with van der Waals surface area (Å²) < 4.78 is 10.5. The number of carbonyl (C=O) groups excluding carboxylic acids is 2. The molecule has 24 heavy (non-hydrogen) atoms. The molecule has 0 bridgehead atoms. The summed E-state index contributed by atoms with van der Waals surface area (Å²) in [5.41, 5.74) is 3.26. The molecule has 1 aromatic carbocycles. The first-order chi connectivity index (χ1) is 11.4. The van der Waals surface area contributed by atoms with Crippen molar-refractivity contribution in [2.75, 3.05) is 0 Å². The summed E-state index contributed by atoms with van der Waals surface area (Å²) in [6, 6.07) is 9.50. The van der Waals surface area contributed by atoms with Crippen LogP contribution in [0.1, 0.15) is 32.2 Å². The maximum Gasteiger partial charge on any atom is 0.347 e. The van der Waals surface area contributed by atoms with E-state index in [1.807, 2.05) is 30.3 Å². The number of esters is 2. The average molecular weight is 323 g/mol. The third kappa shape index (κ3) is 2.58. The molecule has 5 nitrogen and oxygen atoms in total. The molecule has 3 rings (SSSR count). The molecule has 0 unspecified atom stereocenters. The maximum atomic E-state index is 12.1. The van der Waals surface area contributed by atoms with Crippen LogP contribution in [0.3, 0.4) is 0 Å². The Bertz CT molecular complexity index is 897. The van der Waals surface area contributed by atoms with Crippen molar-refractivity contribution < 1.29 is 18.7 Å². The van der Waals surface area contributed by atoms with Gasteiger partial charge < -0.3 is 9.15 Å². The Balaban J connectivity index is 2.15. The standard InChI is InChI=1S/C19H17NO4/c1-10(2)14-15(19(22)24-18(14)21)11(3)16-12(4)23-17(20-16)13-8-6-5-7-9-13/h5-9H,1-4H3. The molecule has 1 saturated heterocycles. The van der Waals surface area contributed by atoms with Crippen molar-refractivity contribution >= 4 is 17.5 Å². The van der Waals surface area contributed by atoms with Gasteiger partial charge in [0.05, 0.1) is 11.1 Å². The Morgan fingerprint density at radius 3 is 2.21 bits per heavy atom.